The van der Waals surface area contributed by atoms with Crippen LogP contribution in [0.25, 0.3) is 0 Å². The van der Waals surface area contributed by atoms with E-state index in [9.17, 15) is 4.79 Å². The van der Waals surface area contributed by atoms with Gasteiger partial charge in [-0.05, 0) is 44.2 Å². The predicted molar refractivity (Wildman–Crippen MR) is 151 cm³/mol. The van der Waals surface area contributed by atoms with Crippen LogP contribution in [0.5, 0.6) is 0 Å². The van der Waals surface area contributed by atoms with Gasteiger partial charge in [-0.15, -0.1) is 0 Å². The van der Waals surface area contributed by atoms with Crippen molar-refractivity contribution in [1.82, 2.24) is 5.48 Å². The smallest absolute Gasteiger partial charge is 0.355 e. The lowest BCUT2D eigenvalue weighted by molar-refractivity contribution is -0.111. The molecule has 0 bridgehead atoms. The molecule has 1 N–H and O–H groups in total. The summed E-state index contributed by atoms with van der Waals surface area (Å²) in [4.78, 5) is 11.8. The Labute approximate surface area is 217 Å². The second-order valence-corrected chi connectivity index (χ2v) is 15.0. The SMILES string of the molecule is CCCCCCCCCCCCCCCC1CCO[Si](C)(CCCSC(=O)CCCC)ONC1. The van der Waals surface area contributed by atoms with E-state index in [1.807, 2.05) is 0 Å². The molecule has 0 spiro atoms. The first kappa shape index (κ1) is 32.1. The van der Waals surface area contributed by atoms with Crippen molar-refractivity contribution in [3.8, 4) is 0 Å². The molecule has 1 fully saturated rings. The maximum Gasteiger partial charge on any atom is 0.355 e. The number of hydroxylamine groups is 1. The summed E-state index contributed by atoms with van der Waals surface area (Å²) in [6, 6.07) is 0.956. The van der Waals surface area contributed by atoms with Crippen LogP contribution in [0.3, 0.4) is 0 Å². The molecule has 0 radical (unpaired) electrons. The van der Waals surface area contributed by atoms with Gasteiger partial charge in [0.05, 0.1) is 0 Å². The maximum atomic E-state index is 11.8. The molecule has 1 rings (SSSR count). The average molecular weight is 516 g/mol. The highest BCUT2D eigenvalue weighted by atomic mass is 32.2. The Morgan fingerprint density at radius 2 is 1.44 bits per heavy atom. The molecule has 0 aromatic rings. The Morgan fingerprint density at radius 1 is 0.853 bits per heavy atom. The predicted octanol–water partition coefficient (Wildman–Crippen LogP) is 8.94. The van der Waals surface area contributed by atoms with Gasteiger partial charge in [-0.2, -0.15) is 0 Å². The highest BCUT2D eigenvalue weighted by Gasteiger charge is 2.33. The van der Waals surface area contributed by atoms with Gasteiger partial charge in [0.15, 0.2) is 5.12 Å². The molecule has 1 aliphatic rings. The van der Waals surface area contributed by atoms with Gasteiger partial charge in [0.25, 0.3) is 0 Å². The monoisotopic (exact) mass is 515 g/mol. The van der Waals surface area contributed by atoms with E-state index >= 15 is 0 Å². The van der Waals surface area contributed by atoms with Gasteiger partial charge in [0.2, 0.25) is 0 Å². The van der Waals surface area contributed by atoms with E-state index in [-0.39, 0.29) is 0 Å². The van der Waals surface area contributed by atoms with Gasteiger partial charge in [-0.25, -0.2) is 5.48 Å². The number of rotatable bonds is 21. The highest BCUT2D eigenvalue weighted by molar-refractivity contribution is 8.13. The van der Waals surface area contributed by atoms with Crippen molar-refractivity contribution in [3.63, 3.8) is 0 Å². The van der Waals surface area contributed by atoms with Crippen molar-refractivity contribution in [3.05, 3.63) is 0 Å². The summed E-state index contributed by atoms with van der Waals surface area (Å²) in [6.45, 7) is 8.36. The van der Waals surface area contributed by atoms with Crippen molar-refractivity contribution < 1.29 is 13.7 Å². The van der Waals surface area contributed by atoms with Gasteiger partial charge >= 0.3 is 8.56 Å². The van der Waals surface area contributed by atoms with Crippen molar-refractivity contribution >= 4 is 25.4 Å². The summed E-state index contributed by atoms with van der Waals surface area (Å²) >= 11 is 1.49. The van der Waals surface area contributed by atoms with Crippen LogP contribution in [0.15, 0.2) is 0 Å². The molecule has 1 aliphatic heterocycles. The molecule has 34 heavy (non-hydrogen) atoms. The zero-order valence-electron chi connectivity index (χ0n) is 23.0. The fraction of sp³-hybridized carbons (Fsp3) is 0.964. The first-order valence-corrected chi connectivity index (χ1v) is 18.3. The van der Waals surface area contributed by atoms with E-state index in [1.165, 1.54) is 102 Å². The number of hydrogen-bond acceptors (Lipinski definition) is 5. The van der Waals surface area contributed by atoms with Crippen LogP contribution in [-0.4, -0.2) is 32.6 Å². The lowest BCUT2D eigenvalue weighted by atomic mass is 9.97. The third-order valence-corrected chi connectivity index (χ3v) is 10.8. The first-order valence-electron chi connectivity index (χ1n) is 14.8. The quantitative estimate of drug-likeness (QED) is 0.122. The average Bonchev–Trinajstić information content (AvgIpc) is 2.81. The Bertz CT molecular complexity index is 471. The number of nitrogens with one attached hydrogen (secondary N) is 1. The number of carbonyl (C=O) groups excluding carboxylic acids is 1. The molecule has 1 heterocycles. The first-order chi connectivity index (χ1) is 16.6. The third-order valence-electron chi connectivity index (χ3n) is 7.08. The minimum absolute atomic E-state index is 0.335. The summed E-state index contributed by atoms with van der Waals surface area (Å²) in [5, 5.41) is 0.335. The Balaban J connectivity index is 1.97. The zero-order chi connectivity index (χ0) is 24.7. The summed E-state index contributed by atoms with van der Waals surface area (Å²) in [5.74, 6) is 1.55. The van der Waals surface area contributed by atoms with Crippen LogP contribution in [-0.2, 0) is 13.7 Å². The highest BCUT2D eigenvalue weighted by Crippen LogP contribution is 2.23. The molecule has 0 amide bonds. The Morgan fingerprint density at radius 3 is 2.06 bits per heavy atom. The van der Waals surface area contributed by atoms with Gasteiger partial charge in [-0.3, -0.25) is 4.79 Å². The lowest BCUT2D eigenvalue weighted by Gasteiger charge is -2.31. The van der Waals surface area contributed by atoms with E-state index in [0.717, 1.165) is 50.6 Å². The Hall–Kier alpha value is 0.117. The van der Waals surface area contributed by atoms with Crippen molar-refractivity contribution in [2.24, 2.45) is 5.92 Å². The second-order valence-electron chi connectivity index (χ2n) is 10.5. The molecule has 202 valence electrons. The van der Waals surface area contributed by atoms with Crippen molar-refractivity contribution in [2.75, 3.05) is 18.9 Å². The Kier molecular flexibility index (Phi) is 21.1. The van der Waals surface area contributed by atoms with E-state index in [2.05, 4.69) is 25.9 Å². The number of carbonyl (C=O) groups is 1. The van der Waals surface area contributed by atoms with Gasteiger partial charge in [0, 0.05) is 25.3 Å². The summed E-state index contributed by atoms with van der Waals surface area (Å²) in [6.07, 6.45) is 24.6. The molecule has 0 aromatic carbocycles. The van der Waals surface area contributed by atoms with E-state index in [4.69, 9.17) is 8.95 Å². The van der Waals surface area contributed by atoms with Crippen LogP contribution in [0.2, 0.25) is 12.6 Å². The number of hydrogen-bond donors (Lipinski definition) is 1. The third kappa shape index (κ3) is 18.4. The molecule has 0 saturated carbocycles. The zero-order valence-corrected chi connectivity index (χ0v) is 24.8. The van der Waals surface area contributed by atoms with Crippen molar-refractivity contribution in [1.29, 1.82) is 0 Å². The minimum Gasteiger partial charge on any atom is -0.394 e. The van der Waals surface area contributed by atoms with Crippen LogP contribution in [0, 0.1) is 5.92 Å². The molecule has 0 aliphatic carbocycles. The maximum absolute atomic E-state index is 11.8. The van der Waals surface area contributed by atoms with Crippen molar-refractivity contribution in [2.45, 2.75) is 148 Å². The topological polar surface area (TPSA) is 47.6 Å². The minimum atomic E-state index is -2.15. The normalized spacial score (nSPS) is 21.3. The summed E-state index contributed by atoms with van der Waals surface area (Å²) < 4.78 is 12.3. The molecule has 0 aromatic heterocycles. The summed E-state index contributed by atoms with van der Waals surface area (Å²) in [5.41, 5.74) is 3.27. The second kappa shape index (κ2) is 22.3. The fourth-order valence-corrected chi connectivity index (χ4v) is 7.80. The van der Waals surface area contributed by atoms with Gasteiger partial charge < -0.3 is 8.95 Å². The van der Waals surface area contributed by atoms with Crippen LogP contribution in [0.4, 0.5) is 0 Å². The molecule has 2 atom stereocenters. The van der Waals surface area contributed by atoms with Crippen LogP contribution < -0.4 is 5.48 Å². The largest absolute Gasteiger partial charge is 0.394 e. The molecular weight excluding hydrogens is 458 g/mol. The lowest BCUT2D eigenvalue weighted by Crippen LogP contribution is -2.47. The van der Waals surface area contributed by atoms with E-state index in [1.54, 1.807) is 0 Å². The molecule has 1 saturated heterocycles. The number of thioether (sulfide) groups is 1. The number of unbranched alkanes of at least 4 members (excludes halogenated alkanes) is 13. The summed E-state index contributed by atoms with van der Waals surface area (Å²) in [7, 11) is -2.15. The van der Waals surface area contributed by atoms with Crippen LogP contribution >= 0.6 is 11.8 Å². The van der Waals surface area contributed by atoms with E-state index < -0.39 is 8.56 Å². The van der Waals surface area contributed by atoms with Gasteiger partial charge in [-0.1, -0.05) is 116 Å². The molecule has 6 heteroatoms. The van der Waals surface area contributed by atoms with Gasteiger partial charge in [0.1, 0.15) is 0 Å². The standard InChI is InChI=1S/C28H57NO3SSi/c1-4-6-8-9-10-11-12-13-14-15-16-17-18-20-27-22-23-31-34(3,32-29-26-27)25-19-24-33-28(30)21-7-5-2/h27,29H,4-26H2,1-3H3. The molecule has 4 nitrogen and oxygen atoms in total. The molecule has 2 unspecified atom stereocenters. The van der Waals surface area contributed by atoms with E-state index in [0.29, 0.717) is 17.5 Å². The van der Waals surface area contributed by atoms with Crippen LogP contribution in [0.1, 0.15) is 136 Å². The molecular formula is C28H57NO3SSi. The fourth-order valence-electron chi connectivity index (χ4n) is 4.68.